The number of hydrogen-bond donors (Lipinski definition) is 2. The fraction of sp³-hybridized carbons (Fsp3) is 0.300. The number of benzene rings is 1. The van der Waals surface area contributed by atoms with Gasteiger partial charge < -0.3 is 16.1 Å². The van der Waals surface area contributed by atoms with Crippen molar-refractivity contribution in [1.29, 1.82) is 0 Å². The van der Waals surface area contributed by atoms with Gasteiger partial charge in [0.2, 0.25) is 5.96 Å². The molecule has 15 heavy (non-hydrogen) atoms. The van der Waals surface area contributed by atoms with Gasteiger partial charge in [0.25, 0.3) is 0 Å². The smallest absolute Gasteiger partial charge is 0.212 e. The lowest BCUT2D eigenvalue weighted by molar-refractivity contribution is 0.877. The normalized spacial score (nSPS) is 17.9. The van der Waals surface area contributed by atoms with Crippen LogP contribution in [0.5, 0.6) is 0 Å². The van der Waals surface area contributed by atoms with Crippen LogP contribution in [0.25, 0.3) is 0 Å². The van der Waals surface area contributed by atoms with Gasteiger partial charge in [0, 0.05) is 0 Å². The van der Waals surface area contributed by atoms with Crippen LogP contribution in [-0.2, 0) is 12.8 Å². The number of nitrogens with two attached hydrogens (primary N) is 1. The Morgan fingerprint density at radius 2 is 2.27 bits per heavy atom. The van der Waals surface area contributed by atoms with Crippen LogP contribution in [0.15, 0.2) is 17.1 Å². The Kier molecular flexibility index (Phi) is 1.63. The van der Waals surface area contributed by atoms with Crippen molar-refractivity contribution in [2.24, 2.45) is 10.7 Å². The van der Waals surface area contributed by atoms with Crippen molar-refractivity contribution in [1.82, 2.24) is 5.43 Å². The van der Waals surface area contributed by atoms with Gasteiger partial charge in [-0.15, -0.1) is 0 Å². The second-order valence-corrected chi connectivity index (χ2v) is 3.83. The molecule has 1 aliphatic heterocycles. The highest BCUT2D eigenvalue weighted by Gasteiger charge is 2.21. The first-order chi connectivity index (χ1) is 7.25. The Balaban J connectivity index is 2.23. The lowest BCUT2D eigenvalue weighted by Crippen LogP contribution is -2.45. The molecule has 78 valence electrons. The van der Waals surface area contributed by atoms with Crippen LogP contribution in [0, 0.1) is 5.21 Å². The van der Waals surface area contributed by atoms with Gasteiger partial charge in [0.15, 0.2) is 0 Å². The summed E-state index contributed by atoms with van der Waals surface area (Å²) in [6.07, 6.45) is 3.11. The summed E-state index contributed by atoms with van der Waals surface area (Å²) in [5.41, 5.74) is 11.6. The molecule has 5 heteroatoms. The van der Waals surface area contributed by atoms with Crippen LogP contribution in [0.4, 0.5) is 11.4 Å². The second-order valence-electron chi connectivity index (χ2n) is 3.83. The number of nitrogens with one attached hydrogen (secondary N) is 1. The van der Waals surface area contributed by atoms with Gasteiger partial charge in [-0.1, -0.05) is 6.07 Å². The van der Waals surface area contributed by atoms with Crippen LogP contribution in [0.1, 0.15) is 17.5 Å². The number of anilines is 1. The zero-order chi connectivity index (χ0) is 10.4. The Morgan fingerprint density at radius 3 is 3.13 bits per heavy atom. The van der Waals surface area contributed by atoms with Crippen molar-refractivity contribution in [3.63, 3.8) is 0 Å². The fourth-order valence-corrected chi connectivity index (χ4v) is 2.27. The van der Waals surface area contributed by atoms with E-state index in [1.165, 1.54) is 5.56 Å². The average Bonchev–Trinajstić information content (AvgIpc) is 2.63. The standard InChI is InChI=1S/C10H11N4O/c11-10-12-8-5-4-6-2-1-3-7(6)9(8)14(15)13-10/h4-5H,1-3H2,(H3,11,12,13)/q-1. The van der Waals surface area contributed by atoms with E-state index < -0.39 is 0 Å². The summed E-state index contributed by atoms with van der Waals surface area (Å²) in [5, 5.41) is 12.4. The van der Waals surface area contributed by atoms with Crippen molar-refractivity contribution in [2.75, 3.05) is 5.17 Å². The summed E-state index contributed by atoms with van der Waals surface area (Å²) in [7, 11) is 0. The minimum atomic E-state index is 0.149. The number of hydrogen-bond acceptors (Lipinski definition) is 5. The lowest BCUT2D eigenvalue weighted by Gasteiger charge is -2.36. The predicted molar refractivity (Wildman–Crippen MR) is 58.7 cm³/mol. The number of fused-ring (bicyclic) bond motifs is 3. The minimum absolute atomic E-state index is 0.149. The number of aliphatic imine (C=N–C) groups is 1. The van der Waals surface area contributed by atoms with E-state index in [0.717, 1.165) is 30.0 Å². The van der Waals surface area contributed by atoms with Gasteiger partial charge >= 0.3 is 0 Å². The van der Waals surface area contributed by atoms with Crippen LogP contribution in [0.3, 0.4) is 0 Å². The summed E-state index contributed by atoms with van der Waals surface area (Å²) >= 11 is 0. The summed E-state index contributed by atoms with van der Waals surface area (Å²) < 4.78 is 0. The van der Waals surface area contributed by atoms with Crippen molar-refractivity contribution in [3.8, 4) is 0 Å². The molecule has 1 aliphatic carbocycles. The second kappa shape index (κ2) is 2.87. The molecule has 0 bridgehead atoms. The highest BCUT2D eigenvalue weighted by molar-refractivity contribution is 5.90. The molecule has 1 heterocycles. The SMILES string of the molecule is NC1=Nc2ccc3c(c2N([O-])N1)CCC3. The molecule has 3 rings (SSSR count). The molecule has 0 saturated heterocycles. The zero-order valence-electron chi connectivity index (χ0n) is 8.16. The van der Waals surface area contributed by atoms with Gasteiger partial charge in [0.05, 0.1) is 11.4 Å². The van der Waals surface area contributed by atoms with Gasteiger partial charge in [-0.2, -0.15) is 0 Å². The number of rotatable bonds is 0. The maximum absolute atomic E-state index is 11.7. The van der Waals surface area contributed by atoms with Crippen molar-refractivity contribution in [2.45, 2.75) is 19.3 Å². The number of hydrazine groups is 1. The minimum Gasteiger partial charge on any atom is -0.739 e. The number of aryl methyl sites for hydroxylation is 1. The van der Waals surface area contributed by atoms with Crippen molar-refractivity contribution < 1.29 is 0 Å². The summed E-state index contributed by atoms with van der Waals surface area (Å²) in [6, 6.07) is 3.90. The molecule has 1 aromatic carbocycles. The number of guanidine groups is 1. The quantitative estimate of drug-likeness (QED) is 0.658. The molecule has 0 saturated carbocycles. The third kappa shape index (κ3) is 1.16. The van der Waals surface area contributed by atoms with Gasteiger partial charge in [-0.25, -0.2) is 4.99 Å². The molecule has 0 unspecified atom stereocenters. The number of nitrogens with zero attached hydrogens (tertiary/aromatic N) is 2. The summed E-state index contributed by atoms with van der Waals surface area (Å²) in [6.45, 7) is 0. The van der Waals surface area contributed by atoms with Crippen molar-refractivity contribution >= 4 is 17.3 Å². The maximum atomic E-state index is 11.7. The van der Waals surface area contributed by atoms with E-state index in [0.29, 0.717) is 11.4 Å². The van der Waals surface area contributed by atoms with E-state index in [9.17, 15) is 5.21 Å². The topological polar surface area (TPSA) is 76.7 Å². The van der Waals surface area contributed by atoms with E-state index in [1.54, 1.807) is 0 Å². The fourth-order valence-electron chi connectivity index (χ4n) is 2.27. The highest BCUT2D eigenvalue weighted by atomic mass is 16.5. The van der Waals surface area contributed by atoms with Gasteiger partial charge in [-0.3, -0.25) is 5.43 Å². The van der Waals surface area contributed by atoms with Gasteiger partial charge in [-0.05, 0) is 36.5 Å². The molecule has 0 radical (unpaired) electrons. The zero-order valence-corrected chi connectivity index (χ0v) is 8.16. The van der Waals surface area contributed by atoms with Crippen LogP contribution >= 0.6 is 0 Å². The molecule has 0 amide bonds. The lowest BCUT2D eigenvalue weighted by atomic mass is 10.1. The third-order valence-corrected chi connectivity index (χ3v) is 2.89. The average molecular weight is 203 g/mol. The monoisotopic (exact) mass is 203 g/mol. The molecular weight excluding hydrogens is 192 g/mol. The molecule has 1 aromatic rings. The summed E-state index contributed by atoms with van der Waals surface area (Å²) in [5.74, 6) is 0.149. The first-order valence-electron chi connectivity index (χ1n) is 4.98. The van der Waals surface area contributed by atoms with Crippen LogP contribution in [-0.4, -0.2) is 5.96 Å². The largest absolute Gasteiger partial charge is 0.739 e. The first kappa shape index (κ1) is 8.55. The molecule has 2 aliphatic rings. The van der Waals surface area contributed by atoms with Crippen LogP contribution < -0.4 is 16.3 Å². The Hall–Kier alpha value is -1.75. The van der Waals surface area contributed by atoms with E-state index in [4.69, 9.17) is 5.73 Å². The first-order valence-corrected chi connectivity index (χ1v) is 4.98. The van der Waals surface area contributed by atoms with Crippen molar-refractivity contribution in [3.05, 3.63) is 28.5 Å². The van der Waals surface area contributed by atoms with E-state index >= 15 is 0 Å². The molecule has 0 spiro atoms. The molecule has 0 aromatic heterocycles. The predicted octanol–water partition coefficient (Wildman–Crippen LogP) is 0.944. The van der Waals surface area contributed by atoms with E-state index in [2.05, 4.69) is 10.4 Å². The van der Waals surface area contributed by atoms with E-state index in [1.807, 2.05) is 12.1 Å². The molecular formula is C10H11N4O-. The van der Waals surface area contributed by atoms with Crippen LogP contribution in [0.2, 0.25) is 0 Å². The van der Waals surface area contributed by atoms with Gasteiger partial charge in [0.1, 0.15) is 0 Å². The van der Waals surface area contributed by atoms with E-state index in [-0.39, 0.29) is 5.96 Å². The molecule has 5 nitrogen and oxygen atoms in total. The Bertz CT molecular complexity index is 455. The summed E-state index contributed by atoms with van der Waals surface area (Å²) in [4.78, 5) is 4.12. The highest BCUT2D eigenvalue weighted by Crippen LogP contribution is 2.39. The molecule has 3 N–H and O–H groups in total. The maximum Gasteiger partial charge on any atom is 0.212 e. The molecule has 0 fully saturated rings. The Labute approximate surface area is 87.1 Å². The Morgan fingerprint density at radius 1 is 1.40 bits per heavy atom. The third-order valence-electron chi connectivity index (χ3n) is 2.89. The molecule has 0 atom stereocenters.